The van der Waals surface area contributed by atoms with E-state index >= 15 is 0 Å². The minimum absolute atomic E-state index is 0.119. The smallest absolute Gasteiger partial charge is 0.261 e. The number of aliphatic hydroxyl groups excluding tert-OH is 2. The van der Waals surface area contributed by atoms with Gasteiger partial charge in [0.25, 0.3) is 8.32 Å². The van der Waals surface area contributed by atoms with Gasteiger partial charge in [-0.1, -0.05) is 88.4 Å². The van der Waals surface area contributed by atoms with E-state index in [0.717, 1.165) is 16.8 Å². The maximum absolute atomic E-state index is 11.1. The molecule has 0 aliphatic carbocycles. The number of methoxy groups -OCH3 is 1. The third kappa shape index (κ3) is 5.40. The van der Waals surface area contributed by atoms with Crippen LogP contribution in [0.2, 0.25) is 5.04 Å². The molecule has 5 atom stereocenters. The molecule has 1 aliphatic heterocycles. The number of rotatable bonds is 9. The average molecular weight is 475 g/mol. The normalized spacial score (nSPS) is 26.3. The van der Waals surface area contributed by atoms with Crippen molar-refractivity contribution >= 4 is 18.7 Å². The fourth-order valence-electron chi connectivity index (χ4n) is 4.71. The molecular formula is C26H38O6Si. The highest BCUT2D eigenvalue weighted by Gasteiger charge is 2.52. The van der Waals surface area contributed by atoms with Crippen molar-refractivity contribution in [1.29, 1.82) is 0 Å². The Balaban J connectivity index is 1.96. The highest BCUT2D eigenvalue weighted by Crippen LogP contribution is 2.37. The van der Waals surface area contributed by atoms with Gasteiger partial charge in [-0.15, -0.1) is 0 Å². The molecule has 6 nitrogen and oxygen atoms in total. The van der Waals surface area contributed by atoms with Crippen molar-refractivity contribution in [3.63, 3.8) is 0 Å². The molecular weight excluding hydrogens is 436 g/mol. The molecule has 1 heterocycles. The van der Waals surface area contributed by atoms with E-state index in [1.54, 1.807) is 0 Å². The number of aliphatic hydroxyl groups is 2. The zero-order chi connectivity index (χ0) is 24.1. The highest BCUT2D eigenvalue weighted by atomic mass is 28.4. The molecule has 2 aromatic rings. The summed E-state index contributed by atoms with van der Waals surface area (Å²) in [6.07, 6.45) is -3.65. The highest BCUT2D eigenvalue weighted by molar-refractivity contribution is 6.99. The first-order chi connectivity index (χ1) is 15.8. The second-order valence-electron chi connectivity index (χ2n) is 9.57. The number of ether oxygens (including phenoxy) is 3. The fraction of sp³-hybridized carbons (Fsp3) is 0.538. The number of hydrogen-bond donors (Lipinski definition) is 2. The van der Waals surface area contributed by atoms with E-state index < -0.39 is 39.0 Å². The summed E-state index contributed by atoms with van der Waals surface area (Å²) < 4.78 is 23.9. The van der Waals surface area contributed by atoms with E-state index in [1.807, 2.05) is 43.3 Å². The molecule has 1 saturated heterocycles. The summed E-state index contributed by atoms with van der Waals surface area (Å²) >= 11 is 0. The van der Waals surface area contributed by atoms with Crippen molar-refractivity contribution in [3.05, 3.63) is 60.7 Å². The van der Waals surface area contributed by atoms with E-state index in [2.05, 4.69) is 45.0 Å². The van der Waals surface area contributed by atoms with Crippen LogP contribution in [0.4, 0.5) is 0 Å². The molecule has 2 aromatic carbocycles. The fourth-order valence-corrected chi connectivity index (χ4v) is 9.28. The lowest BCUT2D eigenvalue weighted by atomic mass is 9.99. The molecule has 2 N–H and O–H groups in total. The maximum Gasteiger partial charge on any atom is 0.261 e. The Bertz CT molecular complexity index is 801. The van der Waals surface area contributed by atoms with Gasteiger partial charge >= 0.3 is 0 Å². The molecule has 1 unspecified atom stereocenters. The van der Waals surface area contributed by atoms with Crippen molar-refractivity contribution in [2.24, 2.45) is 0 Å². The summed E-state index contributed by atoms with van der Waals surface area (Å²) in [6.45, 7) is 9.15. The van der Waals surface area contributed by atoms with Gasteiger partial charge in [-0.2, -0.15) is 0 Å². The zero-order valence-electron chi connectivity index (χ0n) is 20.3. The summed E-state index contributed by atoms with van der Waals surface area (Å²) in [4.78, 5) is 0. The van der Waals surface area contributed by atoms with Crippen molar-refractivity contribution in [2.45, 2.75) is 69.9 Å². The largest absolute Gasteiger partial charge is 0.405 e. The van der Waals surface area contributed by atoms with Crippen molar-refractivity contribution in [3.8, 4) is 0 Å². The van der Waals surface area contributed by atoms with Crippen LogP contribution < -0.4 is 10.4 Å². The SMILES string of the molecule is CCCO[C@H]1[C@H](O)[C@@H](CO[Si](c2ccccc2)(c2ccccc2)C(C)(C)C)OC(O)[C@@H]1OC. The first-order valence-electron chi connectivity index (χ1n) is 11.7. The predicted molar refractivity (Wildman–Crippen MR) is 131 cm³/mol. The lowest BCUT2D eigenvalue weighted by molar-refractivity contribution is -0.298. The van der Waals surface area contributed by atoms with Gasteiger partial charge < -0.3 is 28.8 Å². The minimum Gasteiger partial charge on any atom is -0.405 e. The molecule has 0 spiro atoms. The van der Waals surface area contributed by atoms with Gasteiger partial charge in [0.1, 0.15) is 24.4 Å². The molecule has 33 heavy (non-hydrogen) atoms. The van der Waals surface area contributed by atoms with Gasteiger partial charge in [0.2, 0.25) is 0 Å². The van der Waals surface area contributed by atoms with Gasteiger partial charge in [-0.05, 0) is 21.8 Å². The van der Waals surface area contributed by atoms with Crippen LogP contribution in [0.3, 0.4) is 0 Å². The minimum atomic E-state index is -2.80. The van der Waals surface area contributed by atoms with E-state index in [-0.39, 0.29) is 11.6 Å². The standard InChI is InChI=1S/C26H38O6Si/c1-6-17-30-23-22(27)21(32-25(28)24(23)29-5)18-31-33(26(2,3)4,19-13-9-7-10-14-19)20-15-11-8-12-16-20/h7-16,21-25,27-28H,6,17-18H2,1-5H3/t21-,22-,23+,24-,25?/m1/s1. The monoisotopic (exact) mass is 474 g/mol. The zero-order valence-corrected chi connectivity index (χ0v) is 21.3. The summed E-state index contributed by atoms with van der Waals surface area (Å²) in [5.41, 5.74) is 0. The van der Waals surface area contributed by atoms with Crippen LogP contribution in [0, 0.1) is 0 Å². The first-order valence-corrected chi connectivity index (χ1v) is 13.6. The second-order valence-corrected chi connectivity index (χ2v) is 13.9. The second kappa shape index (κ2) is 11.2. The van der Waals surface area contributed by atoms with E-state index in [1.165, 1.54) is 7.11 Å². The van der Waals surface area contributed by atoms with Crippen LogP contribution in [0.25, 0.3) is 0 Å². The molecule has 0 bridgehead atoms. The summed E-state index contributed by atoms with van der Waals surface area (Å²) in [5.74, 6) is 0. The Morgan fingerprint density at radius 3 is 1.91 bits per heavy atom. The number of hydrogen-bond acceptors (Lipinski definition) is 6. The average Bonchev–Trinajstić information content (AvgIpc) is 2.80. The number of benzene rings is 2. The van der Waals surface area contributed by atoms with Gasteiger partial charge in [-0.3, -0.25) is 0 Å². The van der Waals surface area contributed by atoms with E-state index in [9.17, 15) is 10.2 Å². The molecule has 1 aliphatic rings. The lowest BCUT2D eigenvalue weighted by Gasteiger charge is -2.46. The van der Waals surface area contributed by atoms with Gasteiger partial charge in [-0.25, -0.2) is 0 Å². The summed E-state index contributed by atoms with van der Waals surface area (Å²) in [6, 6.07) is 20.6. The van der Waals surface area contributed by atoms with Crippen LogP contribution in [0.1, 0.15) is 34.1 Å². The topological polar surface area (TPSA) is 77.4 Å². The summed E-state index contributed by atoms with van der Waals surface area (Å²) in [7, 11) is -1.32. The van der Waals surface area contributed by atoms with Crippen LogP contribution in [-0.2, 0) is 18.6 Å². The molecule has 0 saturated carbocycles. The van der Waals surface area contributed by atoms with Crippen LogP contribution in [-0.4, -0.2) is 69.6 Å². The Kier molecular flexibility index (Phi) is 8.86. The van der Waals surface area contributed by atoms with Gasteiger partial charge in [0.15, 0.2) is 6.29 Å². The van der Waals surface area contributed by atoms with Crippen LogP contribution in [0.15, 0.2) is 60.7 Å². The third-order valence-electron chi connectivity index (χ3n) is 6.30. The molecule has 3 rings (SSSR count). The Morgan fingerprint density at radius 2 is 1.45 bits per heavy atom. The van der Waals surface area contributed by atoms with E-state index in [4.69, 9.17) is 18.6 Å². The Labute approximate surface area is 198 Å². The maximum atomic E-state index is 11.1. The van der Waals surface area contributed by atoms with Crippen LogP contribution in [0.5, 0.6) is 0 Å². The molecule has 182 valence electrons. The Morgan fingerprint density at radius 1 is 0.909 bits per heavy atom. The van der Waals surface area contributed by atoms with Gasteiger partial charge in [0.05, 0.1) is 6.61 Å². The van der Waals surface area contributed by atoms with E-state index in [0.29, 0.717) is 6.61 Å². The predicted octanol–water partition coefficient (Wildman–Crippen LogP) is 2.45. The molecule has 0 radical (unpaired) electrons. The third-order valence-corrected chi connectivity index (χ3v) is 11.3. The lowest BCUT2D eigenvalue weighted by Crippen LogP contribution is -2.68. The molecule has 1 fully saturated rings. The van der Waals surface area contributed by atoms with Gasteiger partial charge in [0, 0.05) is 13.7 Å². The van der Waals surface area contributed by atoms with Crippen molar-refractivity contribution in [2.75, 3.05) is 20.3 Å². The van der Waals surface area contributed by atoms with Crippen LogP contribution >= 0.6 is 0 Å². The summed E-state index contributed by atoms with van der Waals surface area (Å²) in [5, 5.41) is 23.8. The molecule has 7 heteroatoms. The van der Waals surface area contributed by atoms with Crippen molar-refractivity contribution < 1.29 is 28.8 Å². The van der Waals surface area contributed by atoms with Crippen molar-refractivity contribution in [1.82, 2.24) is 0 Å². The quantitative estimate of drug-likeness (QED) is 0.544. The molecule has 0 amide bonds. The molecule has 0 aromatic heterocycles. The Hall–Kier alpha value is -1.58. The first kappa shape index (κ1) is 26.0.